The first-order valence-electron chi connectivity index (χ1n) is 5.72. The Bertz CT molecular complexity index is 381. The first kappa shape index (κ1) is 13.6. The standard InChI is InChI=1S/C13H19FN2O/c1-10(8-15)7-13(17)16(2)9-11-5-3-4-6-12(11)14/h3-6,10H,7-9,15H2,1-2H3. The lowest BCUT2D eigenvalue weighted by Gasteiger charge is -2.19. The average molecular weight is 238 g/mol. The van der Waals surface area contributed by atoms with Crippen LogP contribution in [0.15, 0.2) is 24.3 Å². The van der Waals surface area contributed by atoms with E-state index >= 15 is 0 Å². The molecule has 0 fully saturated rings. The molecule has 0 saturated carbocycles. The van der Waals surface area contributed by atoms with Gasteiger partial charge in [-0.25, -0.2) is 4.39 Å². The van der Waals surface area contributed by atoms with Gasteiger partial charge in [-0.1, -0.05) is 25.1 Å². The second kappa shape index (κ2) is 6.35. The Kier molecular flexibility index (Phi) is 5.10. The number of rotatable bonds is 5. The molecule has 1 aromatic rings. The van der Waals surface area contributed by atoms with Gasteiger partial charge in [0.1, 0.15) is 5.82 Å². The maximum Gasteiger partial charge on any atom is 0.222 e. The average Bonchev–Trinajstić information content (AvgIpc) is 2.31. The van der Waals surface area contributed by atoms with E-state index in [0.29, 0.717) is 25.1 Å². The van der Waals surface area contributed by atoms with E-state index in [0.717, 1.165) is 0 Å². The van der Waals surface area contributed by atoms with E-state index in [1.807, 2.05) is 6.92 Å². The molecule has 1 atom stereocenters. The van der Waals surface area contributed by atoms with Gasteiger partial charge in [-0.05, 0) is 18.5 Å². The molecule has 0 spiro atoms. The molecule has 0 aliphatic heterocycles. The number of carbonyl (C=O) groups is 1. The summed E-state index contributed by atoms with van der Waals surface area (Å²) in [6.07, 6.45) is 0.404. The monoisotopic (exact) mass is 238 g/mol. The summed E-state index contributed by atoms with van der Waals surface area (Å²) >= 11 is 0. The number of amides is 1. The third kappa shape index (κ3) is 4.15. The molecule has 0 aromatic heterocycles. The van der Waals surface area contributed by atoms with Gasteiger partial charge in [0.05, 0.1) is 0 Å². The van der Waals surface area contributed by atoms with Crippen molar-refractivity contribution < 1.29 is 9.18 Å². The van der Waals surface area contributed by atoms with Gasteiger partial charge < -0.3 is 10.6 Å². The van der Waals surface area contributed by atoms with Gasteiger partial charge in [-0.15, -0.1) is 0 Å². The van der Waals surface area contributed by atoms with Crippen LogP contribution in [-0.4, -0.2) is 24.4 Å². The molecule has 4 heteroatoms. The summed E-state index contributed by atoms with van der Waals surface area (Å²) < 4.78 is 13.4. The van der Waals surface area contributed by atoms with Crippen LogP contribution in [0, 0.1) is 11.7 Å². The summed E-state index contributed by atoms with van der Waals surface area (Å²) in [6.45, 7) is 2.71. The van der Waals surface area contributed by atoms with E-state index < -0.39 is 0 Å². The number of halogens is 1. The number of nitrogens with zero attached hydrogens (tertiary/aromatic N) is 1. The highest BCUT2D eigenvalue weighted by molar-refractivity contribution is 5.76. The summed E-state index contributed by atoms with van der Waals surface area (Å²) in [7, 11) is 1.68. The number of nitrogens with two attached hydrogens (primary N) is 1. The SMILES string of the molecule is CC(CN)CC(=O)N(C)Cc1ccccc1F. The van der Waals surface area contributed by atoms with Crippen molar-refractivity contribution >= 4 is 5.91 Å². The van der Waals surface area contributed by atoms with Crippen LogP contribution >= 0.6 is 0 Å². The van der Waals surface area contributed by atoms with Crippen LogP contribution in [0.1, 0.15) is 18.9 Å². The fraction of sp³-hybridized carbons (Fsp3) is 0.462. The van der Waals surface area contributed by atoms with E-state index in [4.69, 9.17) is 5.73 Å². The number of benzene rings is 1. The molecule has 0 bridgehead atoms. The van der Waals surface area contributed by atoms with Gasteiger partial charge in [-0.3, -0.25) is 4.79 Å². The highest BCUT2D eigenvalue weighted by Gasteiger charge is 2.13. The molecular formula is C13H19FN2O. The van der Waals surface area contributed by atoms with Gasteiger partial charge in [0.25, 0.3) is 0 Å². The Balaban J connectivity index is 2.57. The molecule has 1 amide bonds. The molecule has 0 heterocycles. The minimum absolute atomic E-state index is 0.00815. The molecule has 0 radical (unpaired) electrons. The zero-order valence-electron chi connectivity index (χ0n) is 10.3. The van der Waals surface area contributed by atoms with Crippen molar-refractivity contribution in [2.75, 3.05) is 13.6 Å². The molecule has 3 nitrogen and oxygen atoms in total. The third-order valence-electron chi connectivity index (χ3n) is 2.72. The van der Waals surface area contributed by atoms with Crippen LogP contribution in [0.2, 0.25) is 0 Å². The molecule has 94 valence electrons. The van der Waals surface area contributed by atoms with Crippen LogP contribution in [0.25, 0.3) is 0 Å². The van der Waals surface area contributed by atoms with Crippen molar-refractivity contribution in [3.8, 4) is 0 Å². The van der Waals surface area contributed by atoms with E-state index in [2.05, 4.69) is 0 Å². The van der Waals surface area contributed by atoms with E-state index in [-0.39, 0.29) is 17.6 Å². The number of carbonyl (C=O) groups excluding carboxylic acids is 1. The van der Waals surface area contributed by atoms with Gasteiger partial charge in [0, 0.05) is 25.6 Å². The predicted molar refractivity (Wildman–Crippen MR) is 65.7 cm³/mol. The summed E-state index contributed by atoms with van der Waals surface area (Å²) in [5.74, 6) is -0.129. The van der Waals surface area contributed by atoms with E-state index in [1.165, 1.54) is 11.0 Å². The van der Waals surface area contributed by atoms with Crippen molar-refractivity contribution in [1.29, 1.82) is 0 Å². The predicted octanol–water partition coefficient (Wildman–Crippen LogP) is 1.77. The molecule has 1 aromatic carbocycles. The quantitative estimate of drug-likeness (QED) is 0.849. The highest BCUT2D eigenvalue weighted by Crippen LogP contribution is 2.11. The first-order chi connectivity index (χ1) is 8.04. The Morgan fingerprint density at radius 2 is 2.12 bits per heavy atom. The smallest absolute Gasteiger partial charge is 0.222 e. The lowest BCUT2D eigenvalue weighted by atomic mass is 10.1. The first-order valence-corrected chi connectivity index (χ1v) is 5.72. The molecule has 0 saturated heterocycles. The fourth-order valence-electron chi connectivity index (χ4n) is 1.51. The van der Waals surface area contributed by atoms with Gasteiger partial charge in [-0.2, -0.15) is 0 Å². The summed E-state index contributed by atoms with van der Waals surface area (Å²) in [5, 5.41) is 0. The van der Waals surface area contributed by atoms with E-state index in [1.54, 1.807) is 25.2 Å². The van der Waals surface area contributed by atoms with E-state index in [9.17, 15) is 9.18 Å². The van der Waals surface area contributed by atoms with Crippen molar-refractivity contribution in [2.45, 2.75) is 19.9 Å². The van der Waals surface area contributed by atoms with Crippen molar-refractivity contribution in [2.24, 2.45) is 11.7 Å². The lowest BCUT2D eigenvalue weighted by molar-refractivity contribution is -0.131. The summed E-state index contributed by atoms with van der Waals surface area (Å²) in [4.78, 5) is 13.3. The summed E-state index contributed by atoms with van der Waals surface area (Å²) in [6, 6.07) is 6.48. The molecular weight excluding hydrogens is 219 g/mol. The third-order valence-corrected chi connectivity index (χ3v) is 2.72. The molecule has 1 unspecified atom stereocenters. The van der Waals surface area contributed by atoms with Crippen LogP contribution in [0.4, 0.5) is 4.39 Å². The lowest BCUT2D eigenvalue weighted by Crippen LogP contribution is -2.29. The molecule has 17 heavy (non-hydrogen) atoms. The molecule has 0 aliphatic carbocycles. The zero-order valence-corrected chi connectivity index (χ0v) is 10.3. The van der Waals surface area contributed by atoms with Crippen molar-refractivity contribution in [3.05, 3.63) is 35.6 Å². The van der Waals surface area contributed by atoms with Crippen LogP contribution in [0.5, 0.6) is 0 Å². The molecule has 0 aliphatic rings. The van der Waals surface area contributed by atoms with Gasteiger partial charge in [0.15, 0.2) is 0 Å². The minimum atomic E-state index is -0.279. The van der Waals surface area contributed by atoms with Crippen LogP contribution < -0.4 is 5.73 Å². The highest BCUT2D eigenvalue weighted by atomic mass is 19.1. The Morgan fingerprint density at radius 3 is 2.71 bits per heavy atom. The summed E-state index contributed by atoms with van der Waals surface area (Å²) in [5.41, 5.74) is 6.00. The molecule has 1 rings (SSSR count). The van der Waals surface area contributed by atoms with Crippen LogP contribution in [0.3, 0.4) is 0 Å². The minimum Gasteiger partial charge on any atom is -0.341 e. The normalized spacial score (nSPS) is 12.2. The Morgan fingerprint density at radius 1 is 1.47 bits per heavy atom. The van der Waals surface area contributed by atoms with Gasteiger partial charge in [0.2, 0.25) is 5.91 Å². The number of hydrogen-bond donors (Lipinski definition) is 1. The second-order valence-corrected chi connectivity index (χ2v) is 4.39. The number of hydrogen-bond acceptors (Lipinski definition) is 2. The topological polar surface area (TPSA) is 46.3 Å². The maximum absolute atomic E-state index is 13.4. The molecule has 2 N–H and O–H groups in total. The maximum atomic E-state index is 13.4. The van der Waals surface area contributed by atoms with Crippen LogP contribution in [-0.2, 0) is 11.3 Å². The zero-order chi connectivity index (χ0) is 12.8. The Labute approximate surface area is 101 Å². The van der Waals surface area contributed by atoms with Crippen molar-refractivity contribution in [3.63, 3.8) is 0 Å². The second-order valence-electron chi connectivity index (χ2n) is 4.39. The fourth-order valence-corrected chi connectivity index (χ4v) is 1.51. The van der Waals surface area contributed by atoms with Gasteiger partial charge >= 0.3 is 0 Å². The largest absolute Gasteiger partial charge is 0.341 e. The van der Waals surface area contributed by atoms with Crippen molar-refractivity contribution in [1.82, 2.24) is 4.90 Å². The Hall–Kier alpha value is -1.42.